The minimum absolute atomic E-state index is 0. The van der Waals surface area contributed by atoms with E-state index in [4.69, 9.17) is 17.9 Å². The van der Waals surface area contributed by atoms with E-state index in [0.717, 1.165) is 55.2 Å². The summed E-state index contributed by atoms with van der Waals surface area (Å²) in [5.74, 6) is 1.44. The number of ether oxygens (including phenoxy) is 1. The Morgan fingerprint density at radius 3 is 1.69 bits per heavy atom. The number of hydrogen-bond acceptors (Lipinski definition) is 2. The van der Waals surface area contributed by atoms with Crippen LogP contribution in [0.15, 0.2) is 255 Å². The molecule has 10 aromatic carbocycles. The summed E-state index contributed by atoms with van der Waals surface area (Å²) in [6, 6.07) is 62.3. The first-order valence-corrected chi connectivity index (χ1v) is 23.0. The van der Waals surface area contributed by atoms with Crippen molar-refractivity contribution in [3.63, 3.8) is 0 Å². The number of aromatic nitrogens is 4. The van der Waals surface area contributed by atoms with Crippen LogP contribution in [-0.4, -0.2) is 14.1 Å². The number of pyridine rings is 1. The zero-order chi connectivity index (χ0) is 55.8. The van der Waals surface area contributed by atoms with E-state index < -0.39 is 60.4 Å². The summed E-state index contributed by atoms with van der Waals surface area (Å²) in [6.07, 6.45) is 5.29. The predicted octanol–water partition coefficient (Wildman–Crippen LogP) is 15.9. The number of hydrogen-bond donors (Lipinski definition) is 0. The normalized spacial score (nSPS) is 13.2. The Labute approximate surface area is 446 Å². The van der Waals surface area contributed by atoms with Gasteiger partial charge in [-0.15, -0.1) is 35.2 Å². The smallest absolute Gasteiger partial charge is 0.268 e. The summed E-state index contributed by atoms with van der Waals surface area (Å²) in [4.78, 5) is 4.72. The summed E-state index contributed by atoms with van der Waals surface area (Å²) in [5, 5.41) is 1.98. The van der Waals surface area contributed by atoms with Crippen LogP contribution in [0.25, 0.3) is 106 Å². The van der Waals surface area contributed by atoms with E-state index in [0.29, 0.717) is 34.0 Å². The van der Waals surface area contributed by atoms with E-state index in [-0.39, 0.29) is 49.0 Å². The fourth-order valence-corrected chi connectivity index (χ4v) is 9.40. The first kappa shape index (κ1) is 34.4. The Kier molecular flexibility index (Phi) is 9.14. The van der Waals surface area contributed by atoms with Gasteiger partial charge >= 0.3 is 0 Å². The van der Waals surface area contributed by atoms with Crippen molar-refractivity contribution in [3.8, 4) is 84.3 Å². The molecule has 0 aliphatic rings. The van der Waals surface area contributed by atoms with Gasteiger partial charge in [0.2, 0.25) is 0 Å². The first-order valence-electron chi connectivity index (χ1n) is 28.0. The number of rotatable bonds is 10. The van der Waals surface area contributed by atoms with Crippen molar-refractivity contribution in [2.75, 3.05) is 0 Å². The molecule has 0 bridgehead atoms. The summed E-state index contributed by atoms with van der Waals surface area (Å²) in [7, 11) is 0. The molecule has 3 aromatic heterocycles. The average Bonchev–Trinajstić information content (AvgIpc) is 3.84. The molecule has 0 unspecified atom stereocenters. The van der Waals surface area contributed by atoms with Crippen molar-refractivity contribution >= 4 is 32.8 Å². The summed E-state index contributed by atoms with van der Waals surface area (Å²) >= 11 is 0. The fourth-order valence-electron chi connectivity index (χ4n) is 9.40. The van der Waals surface area contributed by atoms with E-state index in [1.165, 1.54) is 0 Å². The molecule has 0 saturated heterocycles. The second-order valence-corrected chi connectivity index (χ2v) is 16.8. The minimum Gasteiger partial charge on any atom is -0.510 e. The Bertz CT molecular complexity index is 4490. The van der Waals surface area contributed by atoms with Crippen LogP contribution in [0.5, 0.6) is 11.5 Å². The Hall–Kier alpha value is -8.89. The molecule has 0 N–H and O–H groups in total. The third-order valence-corrected chi connectivity index (χ3v) is 12.6. The second kappa shape index (κ2) is 19.1. The fraction of sp³-hybridized carbons (Fsp3) is 0. The summed E-state index contributed by atoms with van der Waals surface area (Å²) in [6.45, 7) is 0. The zero-order valence-electron chi connectivity index (χ0n) is 48.0. The van der Waals surface area contributed by atoms with Gasteiger partial charge in [-0.2, -0.15) is 12.1 Å². The zero-order valence-corrected chi connectivity index (χ0v) is 40.3. The van der Waals surface area contributed by atoms with E-state index >= 15 is 0 Å². The van der Waals surface area contributed by atoms with Crippen LogP contribution in [0.1, 0.15) is 13.7 Å². The molecule has 3 heterocycles. The molecule has 72 heavy (non-hydrogen) atoms. The van der Waals surface area contributed by atoms with Crippen LogP contribution in [0, 0.1) is 18.5 Å². The molecule has 13 aromatic rings. The monoisotopic (exact) mass is 1110 g/mol. The van der Waals surface area contributed by atoms with Crippen molar-refractivity contribution < 1.29 is 44.1 Å². The van der Waals surface area contributed by atoms with E-state index in [2.05, 4.69) is 77.6 Å². The van der Waals surface area contributed by atoms with Crippen LogP contribution in [0.2, 0.25) is 0 Å². The molecule has 0 aliphatic heterocycles. The molecule has 344 valence electrons. The van der Waals surface area contributed by atoms with Gasteiger partial charge in [0.05, 0.1) is 30.4 Å². The molecule has 0 radical (unpaired) electrons. The summed E-state index contributed by atoms with van der Waals surface area (Å²) < 4.78 is 101. The Balaban J connectivity index is 0.00000665. The van der Waals surface area contributed by atoms with Gasteiger partial charge in [0.25, 0.3) is 6.33 Å². The van der Waals surface area contributed by atoms with Gasteiger partial charge in [-0.25, -0.2) is 4.98 Å². The average molecular weight is 1110 g/mol. The largest absolute Gasteiger partial charge is 0.510 e. The van der Waals surface area contributed by atoms with Crippen LogP contribution in [-0.2, 0) is 21.1 Å². The number of benzene rings is 10. The van der Waals surface area contributed by atoms with Gasteiger partial charge < -0.3 is 13.9 Å². The number of imidazole rings is 1. The molecule has 6 heteroatoms. The Morgan fingerprint density at radius 1 is 0.458 bits per heavy atom. The van der Waals surface area contributed by atoms with E-state index in [9.17, 15) is 5.48 Å². The van der Waals surface area contributed by atoms with Gasteiger partial charge in [0.15, 0.2) is 0 Å². The summed E-state index contributed by atoms with van der Waals surface area (Å²) in [5.41, 5.74) is 8.91. The quantitative estimate of drug-likeness (QED) is 0.101. The van der Waals surface area contributed by atoms with Crippen molar-refractivity contribution in [2.24, 2.45) is 0 Å². The van der Waals surface area contributed by atoms with Crippen molar-refractivity contribution in [1.29, 1.82) is 0 Å². The number of nitrogens with zero attached hydrogens (tertiary/aromatic N) is 4. The van der Waals surface area contributed by atoms with Crippen molar-refractivity contribution in [3.05, 3.63) is 273 Å². The van der Waals surface area contributed by atoms with Gasteiger partial charge in [-0.05, 0) is 97.5 Å². The maximum atomic E-state index is 9.20. The van der Waals surface area contributed by atoms with Crippen LogP contribution < -0.4 is 9.30 Å². The predicted molar refractivity (Wildman–Crippen MR) is 287 cm³/mol. The van der Waals surface area contributed by atoms with Crippen LogP contribution >= 0.6 is 0 Å². The molecule has 0 atom stereocenters. The first-order chi connectivity index (χ1) is 39.3. The van der Waals surface area contributed by atoms with Gasteiger partial charge in [-0.1, -0.05) is 193 Å². The van der Waals surface area contributed by atoms with Gasteiger partial charge in [0, 0.05) is 44.3 Å². The molecular weight excluding hydrogens is 1060 g/mol. The van der Waals surface area contributed by atoms with E-state index in [1.54, 1.807) is 33.5 Å². The van der Waals surface area contributed by atoms with Gasteiger partial charge in [-0.3, -0.25) is 4.57 Å². The van der Waals surface area contributed by atoms with Gasteiger partial charge in [0.1, 0.15) is 5.82 Å². The molecule has 0 saturated carbocycles. The minimum atomic E-state index is -0.584. The molecule has 5 nitrogen and oxygen atoms in total. The molecule has 0 amide bonds. The van der Waals surface area contributed by atoms with E-state index in [1.807, 2.05) is 115 Å². The van der Waals surface area contributed by atoms with Crippen molar-refractivity contribution in [2.45, 2.75) is 0 Å². The molecule has 0 aliphatic carbocycles. The maximum Gasteiger partial charge on any atom is 0.268 e. The molecular formula is C66H42N4OPt-2. The second-order valence-electron chi connectivity index (χ2n) is 16.8. The standard InChI is InChI=1S/C66H42N4O.Pt/c1-5-20-46(21-6-1)50-38-51(47-22-7-2-8-23-47)40-52(39-50)53-41-54(43-56(42-53)71-55-35-36-60-59-28-13-14-31-61(59)70(64(60)44-55)65-34-17-18-37-67-65)68-45-69(63-33-16-15-32-62(63)68)66-57(48-24-9-3-10-25-48)29-19-30-58(66)49-26-11-4-12-27-49;/h1-42H;/q-2;/i3D,4D,9D,10D,11D,12D,24D,25D,26D,27D;. The van der Waals surface area contributed by atoms with Crippen LogP contribution in [0.3, 0.4) is 0 Å². The molecule has 0 fully saturated rings. The van der Waals surface area contributed by atoms with Crippen LogP contribution in [0.4, 0.5) is 0 Å². The topological polar surface area (TPSA) is 35.9 Å². The SMILES string of the molecule is [2H]c1c([2H])c([2H])c(-c2cccc(-c3c([2H])c([2H])c([2H])c([2H])c3[2H])c2-[n+]2[c-]n(-c3[c-]c(Oc4[c-]c5c(cc4)c4ccccc4n5-c4ccccn4)cc(-c4cc(-c5ccccc5)cc(-c5ccccc5)c4)c3)c3ccccc32)c([2H])c1[2H].[Pt]. The Morgan fingerprint density at radius 2 is 1.04 bits per heavy atom. The molecule has 0 spiro atoms. The van der Waals surface area contributed by atoms with Crippen molar-refractivity contribution in [1.82, 2.24) is 14.1 Å². The third-order valence-electron chi connectivity index (χ3n) is 12.6. The number of para-hydroxylation sites is 4. The number of fused-ring (bicyclic) bond motifs is 4. The third kappa shape index (κ3) is 8.20. The maximum absolute atomic E-state index is 9.20. The molecule has 13 rings (SSSR count).